The number of aromatic nitrogens is 1. The first-order valence-electron chi connectivity index (χ1n) is 5.58. The second kappa shape index (κ2) is 4.93. The van der Waals surface area contributed by atoms with Crippen molar-refractivity contribution < 1.29 is 14.7 Å². The molecule has 0 bridgehead atoms. The average Bonchev–Trinajstić information content (AvgIpc) is 2.36. The third-order valence-corrected chi connectivity index (χ3v) is 2.70. The number of nitrogens with zero attached hydrogens (tertiary/aromatic N) is 1. The summed E-state index contributed by atoms with van der Waals surface area (Å²) in [5, 5.41) is 9.27. The van der Waals surface area contributed by atoms with Crippen molar-refractivity contribution in [3.63, 3.8) is 0 Å². The van der Waals surface area contributed by atoms with Gasteiger partial charge < -0.3 is 15.0 Å². The quantitative estimate of drug-likeness (QED) is 0.849. The molecule has 98 valence electrons. The van der Waals surface area contributed by atoms with Gasteiger partial charge in [0.1, 0.15) is 6.54 Å². The van der Waals surface area contributed by atoms with E-state index in [2.05, 4.69) is 4.98 Å². The Kier molecular flexibility index (Phi) is 3.33. The number of carboxylic acids is 1. The van der Waals surface area contributed by atoms with E-state index in [0.29, 0.717) is 10.9 Å². The van der Waals surface area contributed by atoms with Crippen molar-refractivity contribution in [1.29, 1.82) is 0 Å². The number of H-pyrrole nitrogens is 1. The smallest absolute Gasteiger partial charge is 0.323 e. The largest absolute Gasteiger partial charge is 0.480 e. The highest BCUT2D eigenvalue weighted by Gasteiger charge is 2.17. The maximum absolute atomic E-state index is 12.2. The van der Waals surface area contributed by atoms with E-state index in [-0.39, 0.29) is 5.56 Å². The molecule has 0 spiro atoms. The number of nitrogens with one attached hydrogen (secondary N) is 1. The van der Waals surface area contributed by atoms with E-state index >= 15 is 0 Å². The van der Waals surface area contributed by atoms with E-state index in [1.54, 1.807) is 24.3 Å². The predicted molar refractivity (Wildman–Crippen MR) is 69.2 cm³/mol. The van der Waals surface area contributed by atoms with Crippen LogP contribution >= 0.6 is 0 Å². The summed E-state index contributed by atoms with van der Waals surface area (Å²) in [5.41, 5.74) is 0.343. The van der Waals surface area contributed by atoms with Gasteiger partial charge in [-0.15, -0.1) is 0 Å². The molecule has 0 atom stereocenters. The first kappa shape index (κ1) is 12.8. The third-order valence-electron chi connectivity index (χ3n) is 2.70. The molecule has 1 amide bonds. The maximum Gasteiger partial charge on any atom is 0.323 e. The lowest BCUT2D eigenvalue weighted by Crippen LogP contribution is -2.32. The Morgan fingerprint density at radius 3 is 2.68 bits per heavy atom. The first-order valence-corrected chi connectivity index (χ1v) is 5.58. The number of hydrogen-bond acceptors (Lipinski definition) is 3. The molecule has 0 fully saturated rings. The zero-order chi connectivity index (χ0) is 14.0. The number of likely N-dealkylation sites (N-methyl/N-ethyl adjacent to an activating group) is 1. The molecule has 0 unspecified atom stereocenters. The summed E-state index contributed by atoms with van der Waals surface area (Å²) < 4.78 is 0. The van der Waals surface area contributed by atoms with Gasteiger partial charge in [-0.25, -0.2) is 0 Å². The Morgan fingerprint density at radius 1 is 1.32 bits per heavy atom. The normalized spacial score (nSPS) is 10.4. The summed E-state index contributed by atoms with van der Waals surface area (Å²) >= 11 is 0. The number of para-hydroxylation sites is 1. The Morgan fingerprint density at radius 2 is 2.00 bits per heavy atom. The Hall–Kier alpha value is -2.63. The van der Waals surface area contributed by atoms with E-state index in [4.69, 9.17) is 5.11 Å². The number of fused-ring (bicyclic) bond motifs is 1. The standard InChI is InChI=1S/C13H12N2O4/c1-15(7-12(17)18)13(19)9-6-11(16)14-10-5-3-2-4-8(9)10/h2-6H,7H2,1H3,(H,14,16)(H,17,18). The summed E-state index contributed by atoms with van der Waals surface area (Å²) in [4.78, 5) is 38.0. The fourth-order valence-corrected chi connectivity index (χ4v) is 1.86. The molecule has 0 saturated heterocycles. The lowest BCUT2D eigenvalue weighted by Gasteiger charge is -2.15. The van der Waals surface area contributed by atoms with Crippen LogP contribution in [0, 0.1) is 0 Å². The van der Waals surface area contributed by atoms with Crippen LogP contribution in [0.1, 0.15) is 10.4 Å². The highest BCUT2D eigenvalue weighted by molar-refractivity contribution is 6.06. The van der Waals surface area contributed by atoms with Gasteiger partial charge in [0, 0.05) is 24.0 Å². The van der Waals surface area contributed by atoms with Gasteiger partial charge in [0.2, 0.25) is 5.56 Å². The molecule has 6 nitrogen and oxygen atoms in total. The van der Waals surface area contributed by atoms with Crippen LogP contribution in [0.5, 0.6) is 0 Å². The molecule has 1 aromatic carbocycles. The number of hydrogen-bond donors (Lipinski definition) is 2. The van der Waals surface area contributed by atoms with Crippen LogP contribution in [0.3, 0.4) is 0 Å². The van der Waals surface area contributed by atoms with Crippen LogP contribution in [-0.2, 0) is 4.79 Å². The Balaban J connectivity index is 2.52. The summed E-state index contributed by atoms with van der Waals surface area (Å²) in [6, 6.07) is 8.06. The van der Waals surface area contributed by atoms with Gasteiger partial charge in [-0.2, -0.15) is 0 Å². The van der Waals surface area contributed by atoms with Gasteiger partial charge in [-0.3, -0.25) is 14.4 Å². The van der Waals surface area contributed by atoms with Crippen LogP contribution in [-0.4, -0.2) is 40.5 Å². The number of carbonyl (C=O) groups excluding carboxylic acids is 1. The molecule has 6 heteroatoms. The number of pyridine rings is 1. The van der Waals surface area contributed by atoms with Crippen LogP contribution in [0.15, 0.2) is 35.1 Å². The molecule has 2 rings (SSSR count). The first-order chi connectivity index (χ1) is 8.99. The number of amides is 1. The second-order valence-electron chi connectivity index (χ2n) is 4.15. The van der Waals surface area contributed by atoms with Gasteiger partial charge in [-0.05, 0) is 6.07 Å². The van der Waals surface area contributed by atoms with Gasteiger partial charge in [0.25, 0.3) is 5.91 Å². The van der Waals surface area contributed by atoms with Gasteiger partial charge in [0.05, 0.1) is 5.56 Å². The number of aromatic amines is 1. The van der Waals surface area contributed by atoms with Gasteiger partial charge in [-0.1, -0.05) is 18.2 Å². The molecular formula is C13H12N2O4. The molecule has 0 aliphatic heterocycles. The molecule has 0 aliphatic carbocycles. The minimum absolute atomic E-state index is 0.197. The van der Waals surface area contributed by atoms with E-state index in [0.717, 1.165) is 4.90 Å². The fourth-order valence-electron chi connectivity index (χ4n) is 1.86. The average molecular weight is 260 g/mol. The molecule has 1 aromatic heterocycles. The van der Waals surface area contributed by atoms with Crippen LogP contribution < -0.4 is 5.56 Å². The van der Waals surface area contributed by atoms with Crippen molar-refractivity contribution in [2.24, 2.45) is 0 Å². The molecule has 1 heterocycles. The van der Waals surface area contributed by atoms with Crippen molar-refractivity contribution in [3.05, 3.63) is 46.2 Å². The summed E-state index contributed by atoms with van der Waals surface area (Å²) in [6.45, 7) is -0.417. The lowest BCUT2D eigenvalue weighted by atomic mass is 10.1. The summed E-state index contributed by atoms with van der Waals surface area (Å²) in [5.74, 6) is -1.60. The maximum atomic E-state index is 12.2. The molecule has 0 radical (unpaired) electrons. The minimum Gasteiger partial charge on any atom is -0.480 e. The SMILES string of the molecule is CN(CC(=O)O)C(=O)c1cc(=O)[nH]c2ccccc12. The molecule has 2 aromatic rings. The predicted octanol–water partition coefficient (Wildman–Crippen LogP) is 0.685. The number of rotatable bonds is 3. The Bertz CT molecular complexity index is 705. The zero-order valence-electron chi connectivity index (χ0n) is 10.2. The highest BCUT2D eigenvalue weighted by Crippen LogP contribution is 2.15. The van der Waals surface area contributed by atoms with Crippen LogP contribution in [0.2, 0.25) is 0 Å². The summed E-state index contributed by atoms with van der Waals surface area (Å²) in [6.07, 6.45) is 0. The Labute approximate surface area is 108 Å². The molecule has 0 aliphatic rings. The number of aliphatic carboxylic acids is 1. The topological polar surface area (TPSA) is 90.5 Å². The van der Waals surface area contributed by atoms with Crippen molar-refractivity contribution >= 4 is 22.8 Å². The van der Waals surface area contributed by atoms with E-state index in [1.807, 2.05) is 0 Å². The van der Waals surface area contributed by atoms with E-state index in [9.17, 15) is 14.4 Å². The van der Waals surface area contributed by atoms with Gasteiger partial charge >= 0.3 is 5.97 Å². The van der Waals surface area contributed by atoms with Crippen molar-refractivity contribution in [3.8, 4) is 0 Å². The van der Waals surface area contributed by atoms with Crippen LogP contribution in [0.25, 0.3) is 10.9 Å². The molecule has 2 N–H and O–H groups in total. The second-order valence-corrected chi connectivity index (χ2v) is 4.15. The monoisotopic (exact) mass is 260 g/mol. The van der Waals surface area contributed by atoms with Crippen molar-refractivity contribution in [1.82, 2.24) is 9.88 Å². The lowest BCUT2D eigenvalue weighted by molar-refractivity contribution is -0.137. The zero-order valence-corrected chi connectivity index (χ0v) is 10.2. The fraction of sp³-hybridized carbons (Fsp3) is 0.154. The van der Waals surface area contributed by atoms with Gasteiger partial charge in [0.15, 0.2) is 0 Å². The summed E-state index contributed by atoms with van der Waals surface area (Å²) in [7, 11) is 1.38. The number of carbonyl (C=O) groups is 2. The minimum atomic E-state index is -1.11. The van der Waals surface area contributed by atoms with Crippen molar-refractivity contribution in [2.45, 2.75) is 0 Å². The highest BCUT2D eigenvalue weighted by atomic mass is 16.4. The molecule has 19 heavy (non-hydrogen) atoms. The van der Waals surface area contributed by atoms with Crippen LogP contribution in [0.4, 0.5) is 0 Å². The molecular weight excluding hydrogens is 248 g/mol. The molecule has 0 saturated carbocycles. The van der Waals surface area contributed by atoms with E-state index < -0.39 is 24.0 Å². The number of carboxylic acid groups (broad SMARTS) is 1. The number of benzene rings is 1. The van der Waals surface area contributed by atoms with E-state index in [1.165, 1.54) is 13.1 Å². The van der Waals surface area contributed by atoms with Crippen molar-refractivity contribution in [2.75, 3.05) is 13.6 Å². The third kappa shape index (κ3) is 2.62.